The molecule has 0 aliphatic carbocycles. The third-order valence-electron chi connectivity index (χ3n) is 2.23. The summed E-state index contributed by atoms with van der Waals surface area (Å²) in [7, 11) is 1.92. The summed E-state index contributed by atoms with van der Waals surface area (Å²) < 4.78 is 5.64. The molecule has 17 heavy (non-hydrogen) atoms. The van der Waals surface area contributed by atoms with E-state index in [1.54, 1.807) is 12.4 Å². The molecule has 0 unspecified atom stereocenters. The second kappa shape index (κ2) is 5.41. The molecular weight excluding hydrogens is 214 g/mol. The molecule has 0 amide bonds. The molecule has 0 saturated heterocycles. The third kappa shape index (κ3) is 3.26. The van der Waals surface area contributed by atoms with Crippen molar-refractivity contribution in [3.8, 4) is 11.6 Å². The minimum absolute atomic E-state index is 0.520. The van der Waals surface area contributed by atoms with Gasteiger partial charge >= 0.3 is 0 Å². The second-order valence-corrected chi connectivity index (χ2v) is 3.78. The normalized spacial score (nSPS) is 10.2. The van der Waals surface area contributed by atoms with Crippen LogP contribution in [0, 0.1) is 6.92 Å². The lowest BCUT2D eigenvalue weighted by atomic mass is 10.2. The van der Waals surface area contributed by atoms with E-state index in [9.17, 15) is 0 Å². The van der Waals surface area contributed by atoms with Crippen molar-refractivity contribution in [2.24, 2.45) is 0 Å². The highest BCUT2D eigenvalue weighted by Gasteiger charge is 2.00. The van der Waals surface area contributed by atoms with Gasteiger partial charge in [-0.3, -0.25) is 4.98 Å². The van der Waals surface area contributed by atoms with Gasteiger partial charge in [0.2, 0.25) is 5.88 Å². The molecule has 88 valence electrons. The average molecular weight is 229 g/mol. The molecule has 2 aromatic rings. The zero-order chi connectivity index (χ0) is 12.1. The summed E-state index contributed by atoms with van der Waals surface area (Å²) in [4.78, 5) is 8.28. The molecule has 0 aliphatic heterocycles. The molecule has 1 aromatic carbocycles. The van der Waals surface area contributed by atoms with Crippen molar-refractivity contribution in [1.82, 2.24) is 15.3 Å². The summed E-state index contributed by atoms with van der Waals surface area (Å²) >= 11 is 0. The number of nitrogens with one attached hydrogen (secondary N) is 1. The van der Waals surface area contributed by atoms with Gasteiger partial charge in [-0.1, -0.05) is 12.1 Å². The van der Waals surface area contributed by atoms with Gasteiger partial charge in [-0.2, -0.15) is 0 Å². The first-order valence-electron chi connectivity index (χ1n) is 5.48. The largest absolute Gasteiger partial charge is 0.437 e. The van der Waals surface area contributed by atoms with Crippen LogP contribution in [-0.2, 0) is 6.54 Å². The summed E-state index contributed by atoms with van der Waals surface area (Å²) in [6, 6.07) is 7.90. The molecule has 0 spiro atoms. The van der Waals surface area contributed by atoms with Crippen LogP contribution < -0.4 is 10.1 Å². The summed E-state index contributed by atoms with van der Waals surface area (Å²) in [5, 5.41) is 3.10. The first-order chi connectivity index (χ1) is 8.28. The van der Waals surface area contributed by atoms with Gasteiger partial charge in [0, 0.05) is 12.7 Å². The molecule has 0 fully saturated rings. The maximum absolute atomic E-state index is 5.64. The summed E-state index contributed by atoms with van der Waals surface area (Å²) in [5.74, 6) is 1.30. The zero-order valence-corrected chi connectivity index (χ0v) is 9.97. The Morgan fingerprint density at radius 1 is 1.29 bits per heavy atom. The van der Waals surface area contributed by atoms with Crippen LogP contribution in [0.4, 0.5) is 0 Å². The Morgan fingerprint density at radius 2 is 2.18 bits per heavy atom. The van der Waals surface area contributed by atoms with E-state index >= 15 is 0 Å². The van der Waals surface area contributed by atoms with E-state index < -0.39 is 0 Å². The SMILES string of the molecule is CNCc1cccc(Oc2cncc(C)n2)c1. The van der Waals surface area contributed by atoms with Crippen LogP contribution in [-0.4, -0.2) is 17.0 Å². The molecule has 1 N–H and O–H groups in total. The fourth-order valence-electron chi connectivity index (χ4n) is 1.53. The number of rotatable bonds is 4. The first kappa shape index (κ1) is 11.5. The zero-order valence-electron chi connectivity index (χ0n) is 9.97. The number of benzene rings is 1. The molecule has 0 radical (unpaired) electrons. The Labute approximate surface area is 101 Å². The van der Waals surface area contributed by atoms with Gasteiger partial charge in [0.15, 0.2) is 0 Å². The maximum atomic E-state index is 5.64. The minimum atomic E-state index is 0.520. The van der Waals surface area contributed by atoms with Crippen molar-refractivity contribution in [3.05, 3.63) is 47.9 Å². The predicted octanol–water partition coefficient (Wildman–Crippen LogP) is 2.30. The highest BCUT2D eigenvalue weighted by molar-refractivity contribution is 5.31. The Morgan fingerprint density at radius 3 is 2.94 bits per heavy atom. The van der Waals surface area contributed by atoms with Crippen LogP contribution in [0.25, 0.3) is 0 Å². The molecule has 0 aliphatic rings. The van der Waals surface area contributed by atoms with Crippen LogP contribution in [0.5, 0.6) is 11.6 Å². The predicted molar refractivity (Wildman–Crippen MR) is 66.0 cm³/mol. The van der Waals surface area contributed by atoms with E-state index in [4.69, 9.17) is 4.74 Å². The van der Waals surface area contributed by atoms with Crippen LogP contribution in [0.3, 0.4) is 0 Å². The Balaban J connectivity index is 2.15. The number of nitrogens with zero attached hydrogens (tertiary/aromatic N) is 2. The van der Waals surface area contributed by atoms with Gasteiger partial charge in [-0.15, -0.1) is 0 Å². The number of hydrogen-bond acceptors (Lipinski definition) is 4. The summed E-state index contributed by atoms with van der Waals surface area (Å²) in [6.45, 7) is 2.70. The van der Waals surface area contributed by atoms with Crippen molar-refractivity contribution in [2.75, 3.05) is 7.05 Å². The number of aromatic nitrogens is 2. The Hall–Kier alpha value is -1.94. The Bertz CT molecular complexity index is 500. The molecule has 1 heterocycles. The number of ether oxygens (including phenoxy) is 1. The molecule has 4 heteroatoms. The van der Waals surface area contributed by atoms with E-state index in [1.807, 2.05) is 38.2 Å². The second-order valence-electron chi connectivity index (χ2n) is 3.78. The molecule has 0 bridgehead atoms. The van der Waals surface area contributed by atoms with Crippen LogP contribution >= 0.6 is 0 Å². The number of aryl methyl sites for hydroxylation is 1. The topological polar surface area (TPSA) is 47.0 Å². The highest BCUT2D eigenvalue weighted by Crippen LogP contribution is 2.19. The maximum Gasteiger partial charge on any atom is 0.238 e. The average Bonchev–Trinajstić information content (AvgIpc) is 2.30. The molecular formula is C13H15N3O. The summed E-state index contributed by atoms with van der Waals surface area (Å²) in [5.41, 5.74) is 2.01. The number of hydrogen-bond donors (Lipinski definition) is 1. The molecule has 4 nitrogen and oxygen atoms in total. The van der Waals surface area contributed by atoms with Gasteiger partial charge < -0.3 is 10.1 Å². The summed E-state index contributed by atoms with van der Waals surface area (Å²) in [6.07, 6.45) is 3.31. The Kier molecular flexibility index (Phi) is 3.67. The lowest BCUT2D eigenvalue weighted by molar-refractivity contribution is 0.458. The van der Waals surface area contributed by atoms with Crippen LogP contribution in [0.2, 0.25) is 0 Å². The lowest BCUT2D eigenvalue weighted by Gasteiger charge is -2.06. The van der Waals surface area contributed by atoms with Gasteiger partial charge in [0.05, 0.1) is 11.9 Å². The van der Waals surface area contributed by atoms with Crippen molar-refractivity contribution in [2.45, 2.75) is 13.5 Å². The monoisotopic (exact) mass is 229 g/mol. The molecule has 0 saturated carbocycles. The highest BCUT2D eigenvalue weighted by atomic mass is 16.5. The quantitative estimate of drug-likeness (QED) is 0.873. The first-order valence-corrected chi connectivity index (χ1v) is 5.48. The van der Waals surface area contributed by atoms with E-state index in [0.717, 1.165) is 18.0 Å². The van der Waals surface area contributed by atoms with E-state index in [-0.39, 0.29) is 0 Å². The standard InChI is InChI=1S/C13H15N3O/c1-10-7-15-9-13(16-10)17-12-5-3-4-11(6-12)8-14-2/h3-7,9,14H,8H2,1-2H3. The van der Waals surface area contributed by atoms with Gasteiger partial charge in [0.25, 0.3) is 0 Å². The fraction of sp³-hybridized carbons (Fsp3) is 0.231. The third-order valence-corrected chi connectivity index (χ3v) is 2.23. The molecule has 1 aromatic heterocycles. The van der Waals surface area contributed by atoms with Gasteiger partial charge in [-0.05, 0) is 31.7 Å². The van der Waals surface area contributed by atoms with Crippen molar-refractivity contribution < 1.29 is 4.74 Å². The van der Waals surface area contributed by atoms with Crippen molar-refractivity contribution in [1.29, 1.82) is 0 Å². The van der Waals surface area contributed by atoms with Gasteiger partial charge in [0.1, 0.15) is 5.75 Å². The van der Waals surface area contributed by atoms with E-state index in [0.29, 0.717) is 5.88 Å². The minimum Gasteiger partial charge on any atom is -0.437 e. The fourth-order valence-corrected chi connectivity index (χ4v) is 1.53. The van der Waals surface area contributed by atoms with Gasteiger partial charge in [-0.25, -0.2) is 4.98 Å². The smallest absolute Gasteiger partial charge is 0.238 e. The lowest BCUT2D eigenvalue weighted by Crippen LogP contribution is -2.04. The van der Waals surface area contributed by atoms with Crippen molar-refractivity contribution >= 4 is 0 Å². The molecule has 2 rings (SSSR count). The van der Waals surface area contributed by atoms with Crippen molar-refractivity contribution in [3.63, 3.8) is 0 Å². The van der Waals surface area contributed by atoms with E-state index in [1.165, 1.54) is 5.56 Å². The van der Waals surface area contributed by atoms with Crippen LogP contribution in [0.1, 0.15) is 11.3 Å². The molecule has 0 atom stereocenters. The van der Waals surface area contributed by atoms with E-state index in [2.05, 4.69) is 15.3 Å². The van der Waals surface area contributed by atoms with Crippen LogP contribution in [0.15, 0.2) is 36.7 Å².